The summed E-state index contributed by atoms with van der Waals surface area (Å²) in [6, 6.07) is 0.774. The fraction of sp³-hybridized carbons (Fsp3) is 1.00. The highest BCUT2D eigenvalue weighted by Crippen LogP contribution is 2.37. The lowest BCUT2D eigenvalue weighted by Crippen LogP contribution is -2.44. The van der Waals surface area contributed by atoms with Crippen LogP contribution in [0.15, 0.2) is 0 Å². The van der Waals surface area contributed by atoms with Crippen LogP contribution in [0.4, 0.5) is 0 Å². The molecule has 0 aromatic rings. The zero-order valence-corrected chi connectivity index (χ0v) is 12.7. The molecule has 0 saturated heterocycles. The average molecular weight is 239 g/mol. The van der Waals surface area contributed by atoms with E-state index in [4.69, 9.17) is 0 Å². The van der Waals surface area contributed by atoms with Crippen LogP contribution < -0.4 is 5.32 Å². The van der Waals surface area contributed by atoms with Crippen molar-refractivity contribution in [2.24, 2.45) is 17.3 Å². The fourth-order valence-electron chi connectivity index (χ4n) is 3.21. The normalized spacial score (nSPS) is 26.5. The Morgan fingerprint density at radius 1 is 1.12 bits per heavy atom. The van der Waals surface area contributed by atoms with Crippen molar-refractivity contribution in [2.45, 2.75) is 79.2 Å². The summed E-state index contributed by atoms with van der Waals surface area (Å²) in [6.07, 6.45) is 8.38. The molecule has 2 unspecified atom stereocenters. The summed E-state index contributed by atoms with van der Waals surface area (Å²) in [6.45, 7) is 13.1. The maximum atomic E-state index is 3.83. The van der Waals surface area contributed by atoms with Crippen LogP contribution >= 0.6 is 0 Å². The van der Waals surface area contributed by atoms with Crippen molar-refractivity contribution in [3.05, 3.63) is 0 Å². The molecular formula is C16H33N. The van der Waals surface area contributed by atoms with Crippen molar-refractivity contribution in [1.29, 1.82) is 0 Å². The Kier molecular flexibility index (Phi) is 5.99. The summed E-state index contributed by atoms with van der Waals surface area (Å²) in [7, 11) is 0. The molecule has 1 N–H and O–H groups in total. The van der Waals surface area contributed by atoms with Crippen LogP contribution in [0.25, 0.3) is 0 Å². The molecule has 0 radical (unpaired) electrons. The lowest BCUT2D eigenvalue weighted by Gasteiger charge is -2.41. The molecular weight excluding hydrogens is 206 g/mol. The van der Waals surface area contributed by atoms with Gasteiger partial charge in [0.25, 0.3) is 0 Å². The molecule has 0 heterocycles. The van der Waals surface area contributed by atoms with E-state index < -0.39 is 0 Å². The van der Waals surface area contributed by atoms with Gasteiger partial charge < -0.3 is 5.32 Å². The van der Waals surface area contributed by atoms with E-state index in [1.54, 1.807) is 0 Å². The molecule has 0 bridgehead atoms. The minimum absolute atomic E-state index is 0.468. The Morgan fingerprint density at radius 2 is 1.76 bits per heavy atom. The van der Waals surface area contributed by atoms with Crippen LogP contribution in [-0.2, 0) is 0 Å². The van der Waals surface area contributed by atoms with Gasteiger partial charge in [0.05, 0.1) is 0 Å². The molecule has 17 heavy (non-hydrogen) atoms. The number of nitrogens with one attached hydrogen (secondary N) is 1. The van der Waals surface area contributed by atoms with Gasteiger partial charge in [-0.25, -0.2) is 0 Å². The first kappa shape index (κ1) is 15.0. The second-order valence-electron chi connectivity index (χ2n) is 7.35. The third kappa shape index (κ3) is 5.42. The van der Waals surface area contributed by atoms with Crippen molar-refractivity contribution in [2.75, 3.05) is 6.54 Å². The van der Waals surface area contributed by atoms with Crippen LogP contribution in [-0.4, -0.2) is 12.6 Å². The molecule has 1 heteroatoms. The van der Waals surface area contributed by atoms with Crippen LogP contribution in [0.5, 0.6) is 0 Å². The van der Waals surface area contributed by atoms with Gasteiger partial charge >= 0.3 is 0 Å². The largest absolute Gasteiger partial charge is 0.314 e. The fourth-order valence-corrected chi connectivity index (χ4v) is 3.21. The predicted molar refractivity (Wildman–Crippen MR) is 77.3 cm³/mol. The van der Waals surface area contributed by atoms with E-state index in [9.17, 15) is 0 Å². The first-order chi connectivity index (χ1) is 7.91. The Hall–Kier alpha value is -0.0400. The molecule has 1 aliphatic carbocycles. The van der Waals surface area contributed by atoms with Gasteiger partial charge in [-0.2, -0.15) is 0 Å². The van der Waals surface area contributed by atoms with Crippen molar-refractivity contribution >= 4 is 0 Å². The number of hydrogen-bond acceptors (Lipinski definition) is 1. The summed E-state index contributed by atoms with van der Waals surface area (Å²) in [4.78, 5) is 0. The van der Waals surface area contributed by atoms with Crippen molar-refractivity contribution in [3.8, 4) is 0 Å². The van der Waals surface area contributed by atoms with Gasteiger partial charge in [-0.3, -0.25) is 0 Å². The highest BCUT2D eigenvalue weighted by Gasteiger charge is 2.33. The lowest BCUT2D eigenvalue weighted by molar-refractivity contribution is 0.131. The van der Waals surface area contributed by atoms with E-state index in [0.717, 1.165) is 17.9 Å². The van der Waals surface area contributed by atoms with E-state index in [-0.39, 0.29) is 0 Å². The summed E-state index contributed by atoms with van der Waals surface area (Å²) in [5.74, 6) is 1.72. The minimum atomic E-state index is 0.468. The third-order valence-electron chi connectivity index (χ3n) is 4.24. The van der Waals surface area contributed by atoms with Crippen LogP contribution in [0, 0.1) is 17.3 Å². The third-order valence-corrected chi connectivity index (χ3v) is 4.24. The monoisotopic (exact) mass is 239 g/mol. The van der Waals surface area contributed by atoms with E-state index in [0.29, 0.717) is 5.41 Å². The van der Waals surface area contributed by atoms with Gasteiger partial charge in [0.2, 0.25) is 0 Å². The Balaban J connectivity index is 2.33. The Labute approximate surface area is 109 Å². The highest BCUT2D eigenvalue weighted by atomic mass is 14.9. The molecule has 0 spiro atoms. The Bertz CT molecular complexity index is 202. The van der Waals surface area contributed by atoms with Crippen molar-refractivity contribution in [1.82, 2.24) is 5.32 Å². The zero-order valence-electron chi connectivity index (χ0n) is 12.7. The number of rotatable bonds is 5. The minimum Gasteiger partial charge on any atom is -0.314 e. The maximum Gasteiger partial charge on any atom is 0.0100 e. The Morgan fingerprint density at radius 3 is 2.35 bits per heavy atom. The molecule has 1 fully saturated rings. The first-order valence-electron chi connectivity index (χ1n) is 7.64. The summed E-state index contributed by atoms with van der Waals surface area (Å²) < 4.78 is 0. The van der Waals surface area contributed by atoms with Gasteiger partial charge in [-0.15, -0.1) is 0 Å². The first-order valence-corrected chi connectivity index (χ1v) is 7.64. The summed E-state index contributed by atoms with van der Waals surface area (Å²) >= 11 is 0. The lowest BCUT2D eigenvalue weighted by atomic mass is 9.69. The molecule has 1 aliphatic rings. The van der Waals surface area contributed by atoms with Crippen LogP contribution in [0.1, 0.15) is 73.1 Å². The van der Waals surface area contributed by atoms with E-state index in [1.165, 1.54) is 45.1 Å². The summed E-state index contributed by atoms with van der Waals surface area (Å²) in [5.41, 5.74) is 0.468. The van der Waals surface area contributed by atoms with Gasteiger partial charge in [-0.1, -0.05) is 47.5 Å². The van der Waals surface area contributed by atoms with E-state index >= 15 is 0 Å². The molecule has 102 valence electrons. The van der Waals surface area contributed by atoms with Gasteiger partial charge in [0.15, 0.2) is 0 Å². The van der Waals surface area contributed by atoms with Gasteiger partial charge in [-0.05, 0) is 49.5 Å². The molecule has 0 aromatic heterocycles. The molecule has 0 amide bonds. The summed E-state index contributed by atoms with van der Waals surface area (Å²) in [5, 5.41) is 3.83. The number of hydrogen-bond donors (Lipinski definition) is 1. The van der Waals surface area contributed by atoms with Gasteiger partial charge in [0, 0.05) is 6.04 Å². The molecule has 1 saturated carbocycles. The van der Waals surface area contributed by atoms with E-state index in [1.807, 2.05) is 0 Å². The SMILES string of the molecule is CC(C)CCCNC1CCCCC1C(C)(C)C. The second-order valence-corrected chi connectivity index (χ2v) is 7.35. The molecule has 2 atom stereocenters. The van der Waals surface area contributed by atoms with Crippen molar-refractivity contribution in [3.63, 3.8) is 0 Å². The van der Waals surface area contributed by atoms with Crippen LogP contribution in [0.3, 0.4) is 0 Å². The molecule has 1 nitrogen and oxygen atoms in total. The maximum absolute atomic E-state index is 3.83. The zero-order chi connectivity index (χ0) is 12.9. The van der Waals surface area contributed by atoms with Crippen molar-refractivity contribution < 1.29 is 0 Å². The quantitative estimate of drug-likeness (QED) is 0.690. The highest BCUT2D eigenvalue weighted by molar-refractivity contribution is 4.88. The van der Waals surface area contributed by atoms with Crippen LogP contribution in [0.2, 0.25) is 0 Å². The topological polar surface area (TPSA) is 12.0 Å². The van der Waals surface area contributed by atoms with E-state index in [2.05, 4.69) is 39.9 Å². The molecule has 1 rings (SSSR count). The standard InChI is InChI=1S/C16H33N/c1-13(2)9-8-12-17-15-11-7-6-10-14(15)16(3,4)5/h13-15,17H,6-12H2,1-5H3. The smallest absolute Gasteiger partial charge is 0.0100 e. The predicted octanol–water partition coefficient (Wildman–Crippen LogP) is 4.62. The molecule has 0 aliphatic heterocycles. The second kappa shape index (κ2) is 6.78. The molecule has 0 aromatic carbocycles. The average Bonchev–Trinajstić information content (AvgIpc) is 2.23. The van der Waals surface area contributed by atoms with Gasteiger partial charge in [0.1, 0.15) is 0 Å².